The van der Waals surface area contributed by atoms with Crippen LogP contribution in [0.3, 0.4) is 0 Å². The molecular formula is C12H22N4O2. The minimum Gasteiger partial charge on any atom is -0.385 e. The standard InChI is InChI=1S/C12H22N4O2/c1-11(12(17)14-5-4-10-18-2)13-7-9-16-8-3-6-15-16/h3,6,8,11,13H,4-5,7,9-10H2,1-2H3,(H,14,17). The van der Waals surface area contributed by atoms with Crippen molar-refractivity contribution in [3.63, 3.8) is 0 Å². The van der Waals surface area contributed by atoms with Gasteiger partial charge in [-0.05, 0) is 19.4 Å². The number of nitrogens with zero attached hydrogens (tertiary/aromatic N) is 2. The van der Waals surface area contributed by atoms with Crippen LogP contribution < -0.4 is 10.6 Å². The third kappa shape index (κ3) is 5.79. The van der Waals surface area contributed by atoms with Gasteiger partial charge < -0.3 is 15.4 Å². The molecule has 0 spiro atoms. The van der Waals surface area contributed by atoms with Crippen molar-refractivity contribution in [2.45, 2.75) is 25.9 Å². The minimum absolute atomic E-state index is 0.0200. The minimum atomic E-state index is -0.192. The van der Waals surface area contributed by atoms with Crippen LogP contribution in [0.15, 0.2) is 18.5 Å². The van der Waals surface area contributed by atoms with Gasteiger partial charge in [0.15, 0.2) is 0 Å². The third-order valence-corrected chi connectivity index (χ3v) is 2.57. The van der Waals surface area contributed by atoms with E-state index in [1.165, 1.54) is 0 Å². The number of aromatic nitrogens is 2. The van der Waals surface area contributed by atoms with Gasteiger partial charge in [-0.15, -0.1) is 0 Å². The van der Waals surface area contributed by atoms with Crippen LogP contribution in [-0.4, -0.2) is 48.5 Å². The van der Waals surface area contributed by atoms with E-state index in [-0.39, 0.29) is 11.9 Å². The van der Waals surface area contributed by atoms with Crippen LogP contribution in [0.2, 0.25) is 0 Å². The van der Waals surface area contributed by atoms with E-state index in [0.29, 0.717) is 19.7 Å². The highest BCUT2D eigenvalue weighted by atomic mass is 16.5. The summed E-state index contributed by atoms with van der Waals surface area (Å²) < 4.78 is 6.74. The largest absolute Gasteiger partial charge is 0.385 e. The number of methoxy groups -OCH3 is 1. The lowest BCUT2D eigenvalue weighted by Crippen LogP contribution is -2.43. The lowest BCUT2D eigenvalue weighted by molar-refractivity contribution is -0.122. The molecule has 0 radical (unpaired) electrons. The number of amides is 1. The van der Waals surface area contributed by atoms with Gasteiger partial charge in [0.25, 0.3) is 0 Å². The second-order valence-electron chi connectivity index (χ2n) is 4.08. The first-order valence-corrected chi connectivity index (χ1v) is 6.21. The molecule has 1 aromatic rings. The highest BCUT2D eigenvalue weighted by Crippen LogP contribution is 1.86. The Bertz CT molecular complexity index is 327. The van der Waals surface area contributed by atoms with Crippen LogP contribution in [0.4, 0.5) is 0 Å². The molecule has 6 nitrogen and oxygen atoms in total. The summed E-state index contributed by atoms with van der Waals surface area (Å²) in [6, 6.07) is 1.69. The van der Waals surface area contributed by atoms with Crippen molar-refractivity contribution in [3.8, 4) is 0 Å². The van der Waals surface area contributed by atoms with Crippen LogP contribution in [0, 0.1) is 0 Å². The van der Waals surface area contributed by atoms with Gasteiger partial charge in [-0.1, -0.05) is 0 Å². The molecule has 1 atom stereocenters. The molecule has 0 fully saturated rings. The molecule has 2 N–H and O–H groups in total. The molecule has 0 saturated heterocycles. The van der Waals surface area contributed by atoms with Crippen LogP contribution in [0.5, 0.6) is 0 Å². The fraction of sp³-hybridized carbons (Fsp3) is 0.667. The van der Waals surface area contributed by atoms with Crippen molar-refractivity contribution >= 4 is 5.91 Å². The maximum atomic E-state index is 11.7. The first-order chi connectivity index (χ1) is 8.74. The third-order valence-electron chi connectivity index (χ3n) is 2.57. The van der Waals surface area contributed by atoms with Crippen molar-refractivity contribution in [1.29, 1.82) is 0 Å². The Labute approximate surface area is 108 Å². The van der Waals surface area contributed by atoms with E-state index < -0.39 is 0 Å². The molecule has 0 aliphatic carbocycles. The SMILES string of the molecule is COCCCNC(=O)C(C)NCCn1cccn1. The molecule has 1 amide bonds. The summed E-state index contributed by atoms with van der Waals surface area (Å²) in [6.45, 7) is 4.65. The average Bonchev–Trinajstić information content (AvgIpc) is 2.87. The van der Waals surface area contributed by atoms with E-state index >= 15 is 0 Å². The summed E-state index contributed by atoms with van der Waals surface area (Å²) >= 11 is 0. The van der Waals surface area contributed by atoms with Gasteiger partial charge in [0.2, 0.25) is 5.91 Å². The molecule has 102 valence electrons. The van der Waals surface area contributed by atoms with Crippen molar-refractivity contribution in [3.05, 3.63) is 18.5 Å². The normalized spacial score (nSPS) is 12.3. The molecule has 1 unspecified atom stereocenters. The fourth-order valence-electron chi connectivity index (χ4n) is 1.50. The first-order valence-electron chi connectivity index (χ1n) is 6.21. The Morgan fingerprint density at radius 2 is 2.33 bits per heavy atom. The molecule has 0 aliphatic rings. The molecule has 0 saturated carbocycles. The highest BCUT2D eigenvalue weighted by molar-refractivity contribution is 5.81. The summed E-state index contributed by atoms with van der Waals surface area (Å²) in [5, 5.41) is 10.1. The second kappa shape index (κ2) is 8.66. The van der Waals surface area contributed by atoms with Crippen LogP contribution in [-0.2, 0) is 16.1 Å². The van der Waals surface area contributed by atoms with Crippen molar-refractivity contribution < 1.29 is 9.53 Å². The molecule has 1 rings (SSSR count). The summed E-state index contributed by atoms with van der Waals surface area (Å²) in [7, 11) is 1.65. The lowest BCUT2D eigenvalue weighted by atomic mass is 10.3. The van der Waals surface area contributed by atoms with E-state index in [4.69, 9.17) is 4.74 Å². The summed E-state index contributed by atoms with van der Waals surface area (Å²) in [5.41, 5.74) is 0. The Morgan fingerprint density at radius 1 is 1.50 bits per heavy atom. The topological polar surface area (TPSA) is 68.2 Å². The second-order valence-corrected chi connectivity index (χ2v) is 4.08. The maximum absolute atomic E-state index is 11.7. The lowest BCUT2D eigenvalue weighted by Gasteiger charge is -2.13. The summed E-state index contributed by atoms with van der Waals surface area (Å²) in [5.74, 6) is 0.0200. The summed E-state index contributed by atoms with van der Waals surface area (Å²) in [4.78, 5) is 11.7. The number of hydrogen-bond donors (Lipinski definition) is 2. The van der Waals surface area contributed by atoms with Gasteiger partial charge in [0.1, 0.15) is 0 Å². The molecule has 18 heavy (non-hydrogen) atoms. The van der Waals surface area contributed by atoms with Gasteiger partial charge in [0.05, 0.1) is 12.6 Å². The van der Waals surface area contributed by atoms with Gasteiger partial charge >= 0.3 is 0 Å². The van der Waals surface area contributed by atoms with E-state index in [9.17, 15) is 4.79 Å². The van der Waals surface area contributed by atoms with E-state index in [1.54, 1.807) is 13.3 Å². The quantitative estimate of drug-likeness (QED) is 0.609. The molecule has 1 aromatic heterocycles. The van der Waals surface area contributed by atoms with E-state index in [0.717, 1.165) is 13.0 Å². The van der Waals surface area contributed by atoms with Gasteiger partial charge in [0, 0.05) is 39.2 Å². The highest BCUT2D eigenvalue weighted by Gasteiger charge is 2.10. The number of hydrogen-bond acceptors (Lipinski definition) is 4. The molecule has 0 aliphatic heterocycles. The van der Waals surface area contributed by atoms with Crippen molar-refractivity contribution in [2.75, 3.05) is 26.8 Å². The number of rotatable bonds is 9. The van der Waals surface area contributed by atoms with Gasteiger partial charge in [-0.25, -0.2) is 0 Å². The Balaban J connectivity index is 2.08. The van der Waals surface area contributed by atoms with E-state index in [2.05, 4.69) is 15.7 Å². The number of carbonyl (C=O) groups is 1. The van der Waals surface area contributed by atoms with Crippen LogP contribution in [0.1, 0.15) is 13.3 Å². The van der Waals surface area contributed by atoms with Crippen molar-refractivity contribution in [1.82, 2.24) is 20.4 Å². The molecular weight excluding hydrogens is 232 g/mol. The summed E-state index contributed by atoms with van der Waals surface area (Å²) in [6.07, 6.45) is 4.48. The van der Waals surface area contributed by atoms with Crippen LogP contribution in [0.25, 0.3) is 0 Å². The smallest absolute Gasteiger partial charge is 0.236 e. The molecule has 0 aromatic carbocycles. The predicted octanol–water partition coefficient (Wildman–Crippen LogP) is 0.0139. The fourth-order valence-corrected chi connectivity index (χ4v) is 1.50. The molecule has 6 heteroatoms. The Hall–Kier alpha value is -1.40. The van der Waals surface area contributed by atoms with Crippen molar-refractivity contribution in [2.24, 2.45) is 0 Å². The first kappa shape index (κ1) is 14.7. The number of ether oxygens (including phenoxy) is 1. The number of nitrogens with one attached hydrogen (secondary N) is 2. The maximum Gasteiger partial charge on any atom is 0.236 e. The number of carbonyl (C=O) groups excluding carboxylic acids is 1. The molecule has 0 bridgehead atoms. The zero-order valence-corrected chi connectivity index (χ0v) is 11.1. The Morgan fingerprint density at radius 3 is 3.00 bits per heavy atom. The average molecular weight is 254 g/mol. The monoisotopic (exact) mass is 254 g/mol. The van der Waals surface area contributed by atoms with Gasteiger partial charge in [-0.2, -0.15) is 5.10 Å². The Kier molecular flexibility index (Phi) is 7.05. The van der Waals surface area contributed by atoms with Crippen LogP contribution >= 0.6 is 0 Å². The van der Waals surface area contributed by atoms with E-state index in [1.807, 2.05) is 23.9 Å². The zero-order valence-electron chi connectivity index (χ0n) is 11.1. The van der Waals surface area contributed by atoms with Gasteiger partial charge in [-0.3, -0.25) is 9.48 Å². The zero-order chi connectivity index (χ0) is 13.2. The predicted molar refractivity (Wildman–Crippen MR) is 69.2 cm³/mol. The molecule has 1 heterocycles.